The van der Waals surface area contributed by atoms with E-state index in [2.05, 4.69) is 26.9 Å². The van der Waals surface area contributed by atoms with E-state index in [0.29, 0.717) is 6.61 Å². The van der Waals surface area contributed by atoms with Crippen molar-refractivity contribution in [2.75, 3.05) is 19.5 Å². The lowest BCUT2D eigenvalue weighted by atomic mass is 10.1. The zero-order chi connectivity index (χ0) is 19.9. The summed E-state index contributed by atoms with van der Waals surface area (Å²) < 4.78 is 19.1. The molecule has 152 valence electrons. The highest BCUT2D eigenvalue weighted by atomic mass is 32.2. The Bertz CT molecular complexity index is 893. The van der Waals surface area contributed by atoms with E-state index in [4.69, 9.17) is 14.2 Å². The maximum Gasteiger partial charge on any atom is 0.196 e. The van der Waals surface area contributed by atoms with Crippen LogP contribution in [0.5, 0.6) is 11.5 Å². The van der Waals surface area contributed by atoms with Gasteiger partial charge in [0.15, 0.2) is 11.0 Å². The maximum absolute atomic E-state index is 5.95. The summed E-state index contributed by atoms with van der Waals surface area (Å²) in [5.74, 6) is 3.20. The fourth-order valence-corrected chi connectivity index (χ4v) is 4.29. The van der Waals surface area contributed by atoms with Crippen molar-refractivity contribution in [3.05, 3.63) is 60.4 Å². The zero-order valence-electron chi connectivity index (χ0n) is 16.5. The van der Waals surface area contributed by atoms with Crippen molar-refractivity contribution in [1.82, 2.24) is 14.8 Å². The van der Waals surface area contributed by atoms with E-state index in [1.807, 2.05) is 42.5 Å². The van der Waals surface area contributed by atoms with Crippen LogP contribution in [0.1, 0.15) is 25.1 Å². The lowest BCUT2D eigenvalue weighted by Gasteiger charge is -2.22. The summed E-state index contributed by atoms with van der Waals surface area (Å²) in [6, 6.07) is 17.7. The molecule has 1 aliphatic heterocycles. The Morgan fingerprint density at radius 1 is 1.03 bits per heavy atom. The Morgan fingerprint density at radius 2 is 1.83 bits per heavy atom. The third-order valence-corrected chi connectivity index (χ3v) is 5.88. The highest BCUT2D eigenvalue weighted by Crippen LogP contribution is 2.26. The molecule has 4 rings (SSSR count). The van der Waals surface area contributed by atoms with Gasteiger partial charge in [0, 0.05) is 18.0 Å². The van der Waals surface area contributed by atoms with Gasteiger partial charge in [0.25, 0.3) is 0 Å². The van der Waals surface area contributed by atoms with Crippen molar-refractivity contribution >= 4 is 11.8 Å². The SMILES string of the molecule is COc1ccc(OCc2nnc(SC[C@H]3CCCCO3)n2-c2ccccc2)cc1. The van der Waals surface area contributed by atoms with Gasteiger partial charge in [-0.3, -0.25) is 4.57 Å². The third-order valence-electron chi connectivity index (χ3n) is 4.81. The molecule has 1 saturated heterocycles. The minimum Gasteiger partial charge on any atom is -0.497 e. The number of ether oxygens (including phenoxy) is 3. The quantitative estimate of drug-likeness (QED) is 0.508. The van der Waals surface area contributed by atoms with E-state index in [1.165, 1.54) is 6.42 Å². The van der Waals surface area contributed by atoms with Gasteiger partial charge in [0.05, 0.1) is 13.2 Å². The third kappa shape index (κ3) is 5.10. The van der Waals surface area contributed by atoms with E-state index in [1.54, 1.807) is 18.9 Å². The largest absolute Gasteiger partial charge is 0.497 e. The monoisotopic (exact) mass is 411 g/mol. The number of para-hydroxylation sites is 1. The van der Waals surface area contributed by atoms with E-state index >= 15 is 0 Å². The van der Waals surface area contributed by atoms with Crippen LogP contribution in [0, 0.1) is 0 Å². The van der Waals surface area contributed by atoms with Crippen LogP contribution < -0.4 is 9.47 Å². The van der Waals surface area contributed by atoms with Crippen molar-refractivity contribution in [1.29, 1.82) is 0 Å². The molecule has 1 aromatic heterocycles. The van der Waals surface area contributed by atoms with Gasteiger partial charge in [-0.1, -0.05) is 30.0 Å². The first-order chi connectivity index (χ1) is 14.3. The van der Waals surface area contributed by atoms with Crippen LogP contribution in [0.4, 0.5) is 0 Å². The van der Waals surface area contributed by atoms with E-state index in [0.717, 1.165) is 53.4 Å². The van der Waals surface area contributed by atoms with Crippen LogP contribution in [0.3, 0.4) is 0 Å². The van der Waals surface area contributed by atoms with E-state index < -0.39 is 0 Å². The predicted molar refractivity (Wildman–Crippen MR) is 113 cm³/mol. The van der Waals surface area contributed by atoms with Crippen molar-refractivity contribution in [2.24, 2.45) is 0 Å². The number of benzene rings is 2. The molecule has 0 amide bonds. The minimum atomic E-state index is 0.286. The molecular weight excluding hydrogens is 386 g/mol. The van der Waals surface area contributed by atoms with Gasteiger partial charge in [0.2, 0.25) is 0 Å². The first-order valence-electron chi connectivity index (χ1n) is 9.84. The Morgan fingerprint density at radius 3 is 2.55 bits per heavy atom. The second-order valence-corrected chi connectivity index (χ2v) is 7.82. The van der Waals surface area contributed by atoms with Gasteiger partial charge in [-0.2, -0.15) is 0 Å². The summed E-state index contributed by atoms with van der Waals surface area (Å²) in [7, 11) is 1.65. The Hall–Kier alpha value is -2.51. The first kappa shape index (κ1) is 19.8. The molecule has 7 heteroatoms. The zero-order valence-corrected chi connectivity index (χ0v) is 17.3. The molecular formula is C22H25N3O3S. The van der Waals surface area contributed by atoms with Crippen LogP contribution in [-0.4, -0.2) is 40.3 Å². The Labute approximate surface area is 175 Å². The molecule has 2 heterocycles. The fraction of sp³-hybridized carbons (Fsp3) is 0.364. The maximum atomic E-state index is 5.95. The minimum absolute atomic E-state index is 0.286. The molecule has 2 aromatic carbocycles. The van der Waals surface area contributed by atoms with Gasteiger partial charge in [-0.25, -0.2) is 0 Å². The van der Waals surface area contributed by atoms with Gasteiger partial charge < -0.3 is 14.2 Å². The standard InChI is InChI=1S/C22H25N3O3S/c1-26-18-10-12-19(13-11-18)28-15-21-23-24-22(25(21)17-7-3-2-4-8-17)29-16-20-9-5-6-14-27-20/h2-4,7-8,10-13,20H,5-6,9,14-16H2,1H3/t20-/m1/s1. The Kier molecular flexibility index (Phi) is 6.69. The van der Waals surface area contributed by atoms with Gasteiger partial charge in [-0.05, 0) is 55.7 Å². The number of hydrogen-bond donors (Lipinski definition) is 0. The molecule has 0 aliphatic carbocycles. The molecule has 0 radical (unpaired) electrons. The van der Waals surface area contributed by atoms with Crippen molar-refractivity contribution in [3.8, 4) is 17.2 Å². The fourth-order valence-electron chi connectivity index (χ4n) is 3.25. The summed E-state index contributed by atoms with van der Waals surface area (Å²) in [5.41, 5.74) is 1.03. The lowest BCUT2D eigenvalue weighted by Crippen LogP contribution is -2.21. The molecule has 1 fully saturated rings. The number of methoxy groups -OCH3 is 1. The normalized spacial score (nSPS) is 16.5. The molecule has 0 N–H and O–H groups in total. The number of aromatic nitrogens is 3. The first-order valence-corrected chi connectivity index (χ1v) is 10.8. The van der Waals surface area contributed by atoms with Crippen LogP contribution in [0.15, 0.2) is 59.8 Å². The molecule has 29 heavy (non-hydrogen) atoms. The highest BCUT2D eigenvalue weighted by molar-refractivity contribution is 7.99. The summed E-state index contributed by atoms with van der Waals surface area (Å²) in [6.07, 6.45) is 3.79. The van der Waals surface area contributed by atoms with E-state index in [9.17, 15) is 0 Å². The summed E-state index contributed by atoms with van der Waals surface area (Å²) in [4.78, 5) is 0. The summed E-state index contributed by atoms with van der Waals surface area (Å²) in [6.45, 7) is 1.19. The van der Waals surface area contributed by atoms with Gasteiger partial charge in [0.1, 0.15) is 18.1 Å². The number of hydrogen-bond acceptors (Lipinski definition) is 6. The topological polar surface area (TPSA) is 58.4 Å². The molecule has 6 nitrogen and oxygen atoms in total. The molecule has 1 atom stereocenters. The molecule has 0 saturated carbocycles. The van der Waals surface area contributed by atoms with Gasteiger partial charge >= 0.3 is 0 Å². The number of rotatable bonds is 8. The molecule has 1 aliphatic rings. The molecule has 0 bridgehead atoms. The summed E-state index contributed by atoms with van der Waals surface area (Å²) in [5, 5.41) is 9.70. The smallest absolute Gasteiger partial charge is 0.196 e. The van der Waals surface area contributed by atoms with Crippen LogP contribution in [-0.2, 0) is 11.3 Å². The number of thioether (sulfide) groups is 1. The van der Waals surface area contributed by atoms with E-state index in [-0.39, 0.29) is 6.10 Å². The van der Waals surface area contributed by atoms with Gasteiger partial charge in [-0.15, -0.1) is 10.2 Å². The number of nitrogens with zero attached hydrogens (tertiary/aromatic N) is 3. The van der Waals surface area contributed by atoms with Crippen LogP contribution >= 0.6 is 11.8 Å². The van der Waals surface area contributed by atoms with Crippen LogP contribution in [0.25, 0.3) is 5.69 Å². The average Bonchev–Trinajstić information content (AvgIpc) is 3.20. The molecule has 0 unspecified atom stereocenters. The highest BCUT2D eigenvalue weighted by Gasteiger charge is 2.19. The molecule has 3 aromatic rings. The Balaban J connectivity index is 1.50. The second-order valence-electron chi connectivity index (χ2n) is 6.83. The van der Waals surface area contributed by atoms with Crippen molar-refractivity contribution < 1.29 is 14.2 Å². The van der Waals surface area contributed by atoms with Crippen molar-refractivity contribution in [2.45, 2.75) is 37.1 Å². The predicted octanol–water partition coefficient (Wildman–Crippen LogP) is 4.52. The van der Waals surface area contributed by atoms with Crippen molar-refractivity contribution in [3.63, 3.8) is 0 Å². The summed E-state index contributed by atoms with van der Waals surface area (Å²) >= 11 is 1.69. The van der Waals surface area contributed by atoms with Crippen LogP contribution in [0.2, 0.25) is 0 Å². The lowest BCUT2D eigenvalue weighted by molar-refractivity contribution is 0.0315. The molecule has 0 spiro atoms. The average molecular weight is 412 g/mol. The second kappa shape index (κ2) is 9.80.